The third kappa shape index (κ3) is 5.12. The first-order chi connectivity index (χ1) is 9.78. The van der Waals surface area contributed by atoms with E-state index in [1.54, 1.807) is 0 Å². The van der Waals surface area contributed by atoms with Gasteiger partial charge >= 0.3 is 0 Å². The number of nitrogens with zero attached hydrogens (tertiary/aromatic N) is 1. The van der Waals surface area contributed by atoms with Gasteiger partial charge in [-0.2, -0.15) is 0 Å². The average Bonchev–Trinajstić information content (AvgIpc) is 2.48. The van der Waals surface area contributed by atoms with Gasteiger partial charge in [0, 0.05) is 32.8 Å². The van der Waals surface area contributed by atoms with Crippen LogP contribution in [-0.4, -0.2) is 44.9 Å². The van der Waals surface area contributed by atoms with E-state index in [9.17, 15) is 0 Å². The molecule has 2 rings (SSSR count). The molecule has 0 spiro atoms. The molecule has 1 aromatic rings. The Morgan fingerprint density at radius 2 is 2.15 bits per heavy atom. The standard InChI is InChI=1S/C16H26N2O2/c1-18(13-14-5-8-19-9-6-14)7-10-20-16-4-2-3-15(11-16)12-17/h2-4,11,14H,5-10,12-13,17H2,1H3. The molecule has 0 amide bonds. The molecule has 4 nitrogen and oxygen atoms in total. The fourth-order valence-corrected chi connectivity index (χ4v) is 2.54. The molecular weight excluding hydrogens is 252 g/mol. The van der Waals surface area contributed by atoms with Gasteiger partial charge in [0.15, 0.2) is 0 Å². The lowest BCUT2D eigenvalue weighted by atomic mass is 10.00. The van der Waals surface area contributed by atoms with Gasteiger partial charge in [-0.15, -0.1) is 0 Å². The van der Waals surface area contributed by atoms with Crippen LogP contribution in [0.4, 0.5) is 0 Å². The molecule has 1 fully saturated rings. The minimum atomic E-state index is 0.556. The molecule has 0 aliphatic carbocycles. The van der Waals surface area contributed by atoms with Crippen molar-refractivity contribution in [1.82, 2.24) is 4.90 Å². The second-order valence-corrected chi connectivity index (χ2v) is 5.52. The molecule has 2 N–H and O–H groups in total. The van der Waals surface area contributed by atoms with E-state index in [1.807, 2.05) is 24.3 Å². The molecule has 4 heteroatoms. The van der Waals surface area contributed by atoms with Crippen LogP contribution in [0.5, 0.6) is 5.75 Å². The predicted molar refractivity (Wildman–Crippen MR) is 80.9 cm³/mol. The van der Waals surface area contributed by atoms with E-state index >= 15 is 0 Å². The second kappa shape index (κ2) is 8.25. The van der Waals surface area contributed by atoms with Crippen molar-refractivity contribution in [2.45, 2.75) is 19.4 Å². The first-order valence-corrected chi connectivity index (χ1v) is 7.46. The molecule has 20 heavy (non-hydrogen) atoms. The lowest BCUT2D eigenvalue weighted by Gasteiger charge is -2.27. The van der Waals surface area contributed by atoms with Crippen molar-refractivity contribution in [3.05, 3.63) is 29.8 Å². The molecule has 1 heterocycles. The van der Waals surface area contributed by atoms with Gasteiger partial charge in [-0.1, -0.05) is 12.1 Å². The van der Waals surface area contributed by atoms with Crippen molar-refractivity contribution >= 4 is 0 Å². The van der Waals surface area contributed by atoms with Crippen molar-refractivity contribution in [3.63, 3.8) is 0 Å². The summed E-state index contributed by atoms with van der Waals surface area (Å²) < 4.78 is 11.2. The third-order valence-electron chi connectivity index (χ3n) is 3.79. The van der Waals surface area contributed by atoms with Crippen molar-refractivity contribution in [3.8, 4) is 5.75 Å². The highest BCUT2D eigenvalue weighted by atomic mass is 16.5. The molecule has 0 atom stereocenters. The fourth-order valence-electron chi connectivity index (χ4n) is 2.54. The number of nitrogens with two attached hydrogens (primary N) is 1. The number of ether oxygens (including phenoxy) is 2. The normalized spacial score (nSPS) is 16.6. The van der Waals surface area contributed by atoms with Crippen molar-refractivity contribution in [1.29, 1.82) is 0 Å². The Hall–Kier alpha value is -1.10. The molecule has 0 radical (unpaired) electrons. The lowest BCUT2D eigenvalue weighted by Crippen LogP contribution is -2.32. The van der Waals surface area contributed by atoms with E-state index in [0.717, 1.165) is 43.5 Å². The van der Waals surface area contributed by atoms with E-state index < -0.39 is 0 Å². The fraction of sp³-hybridized carbons (Fsp3) is 0.625. The Kier molecular flexibility index (Phi) is 6.30. The maximum Gasteiger partial charge on any atom is 0.119 e. The van der Waals surface area contributed by atoms with E-state index in [1.165, 1.54) is 12.8 Å². The zero-order chi connectivity index (χ0) is 14.2. The molecule has 0 aromatic heterocycles. The largest absolute Gasteiger partial charge is 0.492 e. The van der Waals surface area contributed by atoms with E-state index in [-0.39, 0.29) is 0 Å². The first-order valence-electron chi connectivity index (χ1n) is 7.46. The Bertz CT molecular complexity index is 392. The van der Waals surface area contributed by atoms with Crippen molar-refractivity contribution in [2.24, 2.45) is 11.7 Å². The van der Waals surface area contributed by atoms with Crippen LogP contribution >= 0.6 is 0 Å². The molecule has 1 aliphatic heterocycles. The average molecular weight is 278 g/mol. The summed E-state index contributed by atoms with van der Waals surface area (Å²) in [5.41, 5.74) is 6.74. The van der Waals surface area contributed by atoms with Crippen LogP contribution in [0.1, 0.15) is 18.4 Å². The summed E-state index contributed by atoms with van der Waals surface area (Å²) in [6.45, 7) is 5.19. The van der Waals surface area contributed by atoms with Crippen molar-refractivity contribution < 1.29 is 9.47 Å². The molecule has 1 aromatic carbocycles. The maximum atomic E-state index is 5.79. The second-order valence-electron chi connectivity index (χ2n) is 5.52. The highest BCUT2D eigenvalue weighted by Crippen LogP contribution is 2.16. The molecule has 1 saturated heterocycles. The number of likely N-dealkylation sites (N-methyl/N-ethyl adjacent to an activating group) is 1. The van der Waals surface area contributed by atoms with Gasteiger partial charge < -0.3 is 20.1 Å². The van der Waals surface area contributed by atoms with Gasteiger partial charge in [-0.3, -0.25) is 0 Å². The minimum absolute atomic E-state index is 0.556. The molecule has 0 saturated carbocycles. The van der Waals surface area contributed by atoms with Gasteiger partial charge in [-0.25, -0.2) is 0 Å². The molecule has 112 valence electrons. The van der Waals surface area contributed by atoms with Gasteiger partial charge in [-0.05, 0) is 43.5 Å². The third-order valence-corrected chi connectivity index (χ3v) is 3.79. The van der Waals surface area contributed by atoms with Gasteiger partial charge in [0.1, 0.15) is 12.4 Å². The Balaban J connectivity index is 1.66. The summed E-state index contributed by atoms with van der Waals surface area (Å²) in [7, 11) is 2.16. The number of rotatable bonds is 7. The zero-order valence-electron chi connectivity index (χ0n) is 12.4. The molecular formula is C16H26N2O2. The lowest BCUT2D eigenvalue weighted by molar-refractivity contribution is 0.0543. The van der Waals surface area contributed by atoms with Crippen LogP contribution in [0.25, 0.3) is 0 Å². The highest BCUT2D eigenvalue weighted by Gasteiger charge is 2.15. The first kappa shape index (κ1) is 15.3. The number of hydrogen-bond donors (Lipinski definition) is 1. The molecule has 0 unspecified atom stereocenters. The summed E-state index contributed by atoms with van der Waals surface area (Å²) >= 11 is 0. The van der Waals surface area contributed by atoms with Crippen molar-refractivity contribution in [2.75, 3.05) is 40.0 Å². The Morgan fingerprint density at radius 3 is 2.90 bits per heavy atom. The number of hydrogen-bond acceptors (Lipinski definition) is 4. The molecule has 1 aliphatic rings. The van der Waals surface area contributed by atoms with Crippen LogP contribution in [0.15, 0.2) is 24.3 Å². The summed E-state index contributed by atoms with van der Waals surface area (Å²) in [6, 6.07) is 8.00. The summed E-state index contributed by atoms with van der Waals surface area (Å²) in [5, 5.41) is 0. The van der Waals surface area contributed by atoms with Crippen LogP contribution in [0.3, 0.4) is 0 Å². The monoisotopic (exact) mass is 278 g/mol. The predicted octanol–water partition coefficient (Wildman–Crippen LogP) is 1.88. The number of benzene rings is 1. The van der Waals surface area contributed by atoms with Crippen LogP contribution in [-0.2, 0) is 11.3 Å². The Labute approximate surface area is 121 Å². The molecule has 0 bridgehead atoms. The minimum Gasteiger partial charge on any atom is -0.492 e. The topological polar surface area (TPSA) is 47.7 Å². The van der Waals surface area contributed by atoms with E-state index in [0.29, 0.717) is 13.2 Å². The van der Waals surface area contributed by atoms with Gasteiger partial charge in [0.05, 0.1) is 0 Å². The van der Waals surface area contributed by atoms with E-state index in [2.05, 4.69) is 11.9 Å². The van der Waals surface area contributed by atoms with Crippen LogP contribution in [0, 0.1) is 5.92 Å². The Morgan fingerprint density at radius 1 is 1.35 bits per heavy atom. The van der Waals surface area contributed by atoms with Crippen LogP contribution in [0.2, 0.25) is 0 Å². The summed E-state index contributed by atoms with van der Waals surface area (Å²) in [6.07, 6.45) is 2.37. The zero-order valence-corrected chi connectivity index (χ0v) is 12.4. The smallest absolute Gasteiger partial charge is 0.119 e. The quantitative estimate of drug-likeness (QED) is 0.827. The SMILES string of the molecule is CN(CCOc1cccc(CN)c1)CC1CCOCC1. The summed E-state index contributed by atoms with van der Waals surface area (Å²) in [4.78, 5) is 2.35. The van der Waals surface area contributed by atoms with Gasteiger partial charge in [0.25, 0.3) is 0 Å². The van der Waals surface area contributed by atoms with E-state index in [4.69, 9.17) is 15.2 Å². The highest BCUT2D eigenvalue weighted by molar-refractivity contribution is 5.28. The summed E-state index contributed by atoms with van der Waals surface area (Å²) in [5.74, 6) is 1.68. The van der Waals surface area contributed by atoms with Gasteiger partial charge in [0.2, 0.25) is 0 Å². The maximum absolute atomic E-state index is 5.79. The van der Waals surface area contributed by atoms with Crippen LogP contribution < -0.4 is 10.5 Å².